The minimum absolute atomic E-state index is 0.695. The highest BCUT2D eigenvalue weighted by molar-refractivity contribution is 6.30. The number of nitrogens with one attached hydrogen (secondary N) is 1. The van der Waals surface area contributed by atoms with Crippen molar-refractivity contribution in [2.24, 2.45) is 24.8 Å². The molecule has 0 aliphatic rings. The third-order valence-electron chi connectivity index (χ3n) is 3.66. The monoisotopic (exact) mass is 271 g/mol. The highest BCUT2D eigenvalue weighted by Gasteiger charge is 2.17. The van der Waals surface area contributed by atoms with Crippen LogP contribution in [0.1, 0.15) is 39.0 Å². The lowest BCUT2D eigenvalue weighted by atomic mass is 9.85. The van der Waals surface area contributed by atoms with Gasteiger partial charge in [-0.3, -0.25) is 4.68 Å². The molecule has 0 saturated heterocycles. The Hall–Kier alpha value is -0.540. The summed E-state index contributed by atoms with van der Waals surface area (Å²) >= 11 is 6.21. The van der Waals surface area contributed by atoms with Crippen LogP contribution >= 0.6 is 11.6 Å². The van der Waals surface area contributed by atoms with Crippen LogP contribution in [0.4, 0.5) is 0 Å². The van der Waals surface area contributed by atoms with E-state index in [1.54, 1.807) is 4.68 Å². The van der Waals surface area contributed by atoms with E-state index in [4.69, 9.17) is 11.6 Å². The maximum absolute atomic E-state index is 6.21. The number of aryl methyl sites for hydroxylation is 2. The lowest BCUT2D eigenvalue weighted by Gasteiger charge is -2.25. The predicted octanol–water partition coefficient (Wildman–Crippen LogP) is 3.40. The summed E-state index contributed by atoms with van der Waals surface area (Å²) in [5.74, 6) is 2.09. The van der Waals surface area contributed by atoms with Gasteiger partial charge in [0.2, 0.25) is 0 Å². The molecule has 1 aromatic rings. The van der Waals surface area contributed by atoms with Crippen molar-refractivity contribution in [3.05, 3.63) is 16.4 Å². The van der Waals surface area contributed by atoms with Crippen LogP contribution in [0.2, 0.25) is 5.15 Å². The fourth-order valence-corrected chi connectivity index (χ4v) is 2.72. The Morgan fingerprint density at radius 2 is 1.78 bits per heavy atom. The SMILES string of the molecule is Cc1nn(C)c(Cl)c1CNCC(C(C)C)C(C)C. The Morgan fingerprint density at radius 1 is 1.22 bits per heavy atom. The third kappa shape index (κ3) is 3.72. The molecule has 0 saturated carbocycles. The molecular formula is C14H26ClN3. The molecule has 0 aromatic carbocycles. The summed E-state index contributed by atoms with van der Waals surface area (Å²) in [6.45, 7) is 13.0. The summed E-state index contributed by atoms with van der Waals surface area (Å²) < 4.78 is 1.73. The molecule has 0 aliphatic carbocycles. The van der Waals surface area contributed by atoms with Crippen molar-refractivity contribution in [3.8, 4) is 0 Å². The van der Waals surface area contributed by atoms with Gasteiger partial charge in [0.05, 0.1) is 5.69 Å². The van der Waals surface area contributed by atoms with Crippen LogP contribution in [0, 0.1) is 24.7 Å². The molecule has 1 heterocycles. The van der Waals surface area contributed by atoms with Crippen molar-refractivity contribution in [2.75, 3.05) is 6.54 Å². The van der Waals surface area contributed by atoms with E-state index in [0.717, 1.165) is 29.5 Å². The van der Waals surface area contributed by atoms with E-state index in [1.807, 2.05) is 14.0 Å². The van der Waals surface area contributed by atoms with E-state index >= 15 is 0 Å². The molecule has 0 amide bonds. The van der Waals surface area contributed by atoms with Crippen LogP contribution in [-0.4, -0.2) is 16.3 Å². The second kappa shape index (κ2) is 6.58. The van der Waals surface area contributed by atoms with E-state index in [-0.39, 0.29) is 0 Å². The van der Waals surface area contributed by atoms with Gasteiger partial charge in [-0.15, -0.1) is 0 Å². The number of aromatic nitrogens is 2. The Morgan fingerprint density at radius 3 is 2.17 bits per heavy atom. The van der Waals surface area contributed by atoms with Crippen molar-refractivity contribution in [3.63, 3.8) is 0 Å². The van der Waals surface area contributed by atoms with Gasteiger partial charge in [-0.25, -0.2) is 0 Å². The fraction of sp³-hybridized carbons (Fsp3) is 0.786. The normalized spacial score (nSPS) is 12.1. The maximum Gasteiger partial charge on any atom is 0.131 e. The first kappa shape index (κ1) is 15.5. The number of hydrogen-bond acceptors (Lipinski definition) is 2. The van der Waals surface area contributed by atoms with Crippen molar-refractivity contribution < 1.29 is 0 Å². The van der Waals surface area contributed by atoms with Gasteiger partial charge < -0.3 is 5.32 Å². The lowest BCUT2D eigenvalue weighted by molar-refractivity contribution is 0.275. The molecule has 0 unspecified atom stereocenters. The van der Waals surface area contributed by atoms with Crippen molar-refractivity contribution >= 4 is 11.6 Å². The van der Waals surface area contributed by atoms with Crippen LogP contribution in [0.3, 0.4) is 0 Å². The topological polar surface area (TPSA) is 29.9 Å². The molecule has 0 aliphatic heterocycles. The molecule has 104 valence electrons. The maximum atomic E-state index is 6.21. The highest BCUT2D eigenvalue weighted by atomic mass is 35.5. The summed E-state index contributed by atoms with van der Waals surface area (Å²) in [6.07, 6.45) is 0. The molecule has 18 heavy (non-hydrogen) atoms. The van der Waals surface area contributed by atoms with E-state index < -0.39 is 0 Å². The first-order chi connectivity index (χ1) is 8.34. The van der Waals surface area contributed by atoms with E-state index in [0.29, 0.717) is 17.8 Å². The van der Waals surface area contributed by atoms with E-state index in [2.05, 4.69) is 38.1 Å². The molecule has 0 spiro atoms. The van der Waals surface area contributed by atoms with Crippen LogP contribution in [0.15, 0.2) is 0 Å². The Labute approximate surface area is 116 Å². The molecule has 0 atom stereocenters. The smallest absolute Gasteiger partial charge is 0.131 e. The standard InChI is InChI=1S/C14H26ClN3/c1-9(2)12(10(3)4)7-16-8-13-11(5)17-18(6)14(13)15/h9-10,12,16H,7-8H2,1-6H3. The quantitative estimate of drug-likeness (QED) is 0.859. The summed E-state index contributed by atoms with van der Waals surface area (Å²) in [4.78, 5) is 0. The van der Waals surface area contributed by atoms with Gasteiger partial charge >= 0.3 is 0 Å². The molecule has 0 fully saturated rings. The molecule has 1 aromatic heterocycles. The van der Waals surface area contributed by atoms with E-state index in [1.165, 1.54) is 0 Å². The largest absolute Gasteiger partial charge is 0.312 e. The lowest BCUT2D eigenvalue weighted by Crippen LogP contribution is -2.29. The summed E-state index contributed by atoms with van der Waals surface area (Å²) in [6, 6.07) is 0. The number of rotatable bonds is 6. The molecule has 4 heteroatoms. The Bertz CT molecular complexity index is 375. The van der Waals surface area contributed by atoms with Gasteiger partial charge in [0.15, 0.2) is 0 Å². The Kier molecular flexibility index (Phi) is 5.67. The second-order valence-corrected chi connectivity index (χ2v) is 6.12. The number of halogens is 1. The zero-order valence-electron chi connectivity index (χ0n) is 12.4. The van der Waals surface area contributed by atoms with Gasteiger partial charge in [-0.2, -0.15) is 5.10 Å². The minimum Gasteiger partial charge on any atom is -0.312 e. The average molecular weight is 272 g/mol. The highest BCUT2D eigenvalue weighted by Crippen LogP contribution is 2.21. The molecule has 0 bridgehead atoms. The fourth-order valence-electron chi connectivity index (χ4n) is 2.48. The number of hydrogen-bond donors (Lipinski definition) is 1. The third-order valence-corrected chi connectivity index (χ3v) is 4.14. The van der Waals surface area contributed by atoms with Crippen LogP contribution < -0.4 is 5.32 Å². The number of nitrogens with zero attached hydrogens (tertiary/aromatic N) is 2. The summed E-state index contributed by atoms with van der Waals surface area (Å²) in [5.41, 5.74) is 2.13. The van der Waals surface area contributed by atoms with Gasteiger partial charge in [0, 0.05) is 19.2 Å². The van der Waals surface area contributed by atoms with Gasteiger partial charge in [-0.1, -0.05) is 39.3 Å². The van der Waals surface area contributed by atoms with E-state index in [9.17, 15) is 0 Å². The average Bonchev–Trinajstić information content (AvgIpc) is 2.48. The van der Waals surface area contributed by atoms with Crippen LogP contribution in [-0.2, 0) is 13.6 Å². The van der Waals surface area contributed by atoms with Crippen molar-refractivity contribution in [2.45, 2.75) is 41.2 Å². The van der Waals surface area contributed by atoms with Gasteiger partial charge in [-0.05, 0) is 31.2 Å². The predicted molar refractivity (Wildman–Crippen MR) is 77.8 cm³/mol. The zero-order chi connectivity index (χ0) is 13.9. The van der Waals surface area contributed by atoms with Crippen LogP contribution in [0.5, 0.6) is 0 Å². The van der Waals surface area contributed by atoms with Crippen molar-refractivity contribution in [1.29, 1.82) is 0 Å². The van der Waals surface area contributed by atoms with Crippen LogP contribution in [0.25, 0.3) is 0 Å². The molecule has 0 radical (unpaired) electrons. The van der Waals surface area contributed by atoms with Crippen molar-refractivity contribution in [1.82, 2.24) is 15.1 Å². The summed E-state index contributed by atoms with van der Waals surface area (Å²) in [7, 11) is 1.88. The van der Waals surface area contributed by atoms with Gasteiger partial charge in [0.25, 0.3) is 0 Å². The summed E-state index contributed by atoms with van der Waals surface area (Å²) in [5, 5.41) is 8.59. The minimum atomic E-state index is 0.695. The molecule has 1 N–H and O–H groups in total. The molecule has 1 rings (SSSR count). The molecular weight excluding hydrogens is 246 g/mol. The zero-order valence-corrected chi connectivity index (χ0v) is 13.2. The Balaban J connectivity index is 2.55. The molecule has 3 nitrogen and oxygen atoms in total. The first-order valence-electron chi connectivity index (χ1n) is 6.73. The van der Waals surface area contributed by atoms with Gasteiger partial charge in [0.1, 0.15) is 5.15 Å². The first-order valence-corrected chi connectivity index (χ1v) is 7.11. The second-order valence-electron chi connectivity index (χ2n) is 5.76.